The number of sulfone groups is 1. The second kappa shape index (κ2) is 7.86. The van der Waals surface area contributed by atoms with Gasteiger partial charge >= 0.3 is 0 Å². The van der Waals surface area contributed by atoms with Crippen molar-refractivity contribution in [1.29, 1.82) is 0 Å². The number of carbonyl (C=O) groups excluding carboxylic acids is 1. The molecule has 3 N–H and O–H groups in total. The minimum Gasteiger partial charge on any atom is -0.384 e. The van der Waals surface area contributed by atoms with Crippen LogP contribution in [0.4, 0.5) is 10.2 Å². The standard InChI is InChI=1S/C20H20BFN6O3S/c1-10(26-16(29)9-32(2,30)31)18-17(21)19(23)28-20(27-18)14(8-25-28)12-5-11-6-13(22)3-4-15(11)24-7-12/h3-8,10H,9,21,23H2,1-2H3,(H,26,29). The topological polar surface area (TPSA) is 132 Å². The van der Waals surface area contributed by atoms with Gasteiger partial charge in [0.2, 0.25) is 5.91 Å². The number of nitrogens with two attached hydrogens (primary N) is 1. The summed E-state index contributed by atoms with van der Waals surface area (Å²) in [6, 6.07) is 5.54. The van der Waals surface area contributed by atoms with Crippen LogP contribution in [0.5, 0.6) is 0 Å². The van der Waals surface area contributed by atoms with E-state index in [0.29, 0.717) is 44.7 Å². The van der Waals surface area contributed by atoms with Gasteiger partial charge in [-0.2, -0.15) is 9.61 Å². The number of hydrogen-bond acceptors (Lipinski definition) is 7. The van der Waals surface area contributed by atoms with Crippen molar-refractivity contribution in [2.75, 3.05) is 17.7 Å². The van der Waals surface area contributed by atoms with Gasteiger partial charge in [-0.1, -0.05) is 0 Å². The van der Waals surface area contributed by atoms with Crippen molar-refractivity contribution in [3.05, 3.63) is 48.2 Å². The van der Waals surface area contributed by atoms with E-state index in [-0.39, 0.29) is 5.82 Å². The second-order valence-corrected chi connectivity index (χ2v) is 9.86. The largest absolute Gasteiger partial charge is 0.384 e. The van der Waals surface area contributed by atoms with Crippen LogP contribution < -0.4 is 16.5 Å². The molecule has 164 valence electrons. The van der Waals surface area contributed by atoms with Crippen LogP contribution in [0.15, 0.2) is 36.7 Å². The summed E-state index contributed by atoms with van der Waals surface area (Å²) in [5.74, 6) is -1.28. The van der Waals surface area contributed by atoms with Gasteiger partial charge in [-0.25, -0.2) is 17.8 Å². The van der Waals surface area contributed by atoms with Crippen molar-refractivity contribution in [2.24, 2.45) is 0 Å². The Morgan fingerprint density at radius 1 is 1.31 bits per heavy atom. The number of rotatable bonds is 5. The summed E-state index contributed by atoms with van der Waals surface area (Å²) < 4.78 is 37.9. The van der Waals surface area contributed by atoms with Crippen molar-refractivity contribution >= 4 is 51.4 Å². The Bertz CT molecular complexity index is 1490. The minimum atomic E-state index is -3.46. The molecule has 9 nitrogen and oxygen atoms in total. The van der Waals surface area contributed by atoms with Gasteiger partial charge in [0.1, 0.15) is 25.2 Å². The highest BCUT2D eigenvalue weighted by Crippen LogP contribution is 2.27. The summed E-state index contributed by atoms with van der Waals surface area (Å²) in [4.78, 5) is 21.1. The van der Waals surface area contributed by atoms with Crippen molar-refractivity contribution in [3.8, 4) is 11.1 Å². The Hall–Kier alpha value is -3.54. The predicted octanol–water partition coefficient (Wildman–Crippen LogP) is 0.146. The average molecular weight is 454 g/mol. The van der Waals surface area contributed by atoms with E-state index in [1.165, 1.54) is 16.6 Å². The molecule has 3 heterocycles. The van der Waals surface area contributed by atoms with Gasteiger partial charge < -0.3 is 11.1 Å². The molecular formula is C20H20BFN6O3S. The van der Waals surface area contributed by atoms with Gasteiger partial charge in [0.25, 0.3) is 0 Å². The van der Waals surface area contributed by atoms with Crippen molar-refractivity contribution in [3.63, 3.8) is 0 Å². The van der Waals surface area contributed by atoms with E-state index in [1.54, 1.807) is 39.3 Å². The van der Waals surface area contributed by atoms with Crippen LogP contribution in [0.2, 0.25) is 0 Å². The van der Waals surface area contributed by atoms with E-state index in [4.69, 9.17) is 5.73 Å². The number of nitrogens with one attached hydrogen (secondary N) is 1. The number of nitrogens with zero attached hydrogens (tertiary/aromatic N) is 4. The quantitative estimate of drug-likeness (QED) is 0.410. The molecule has 3 aromatic heterocycles. The van der Waals surface area contributed by atoms with E-state index in [9.17, 15) is 17.6 Å². The van der Waals surface area contributed by atoms with E-state index in [2.05, 4.69) is 20.4 Å². The molecule has 1 atom stereocenters. The van der Waals surface area contributed by atoms with Crippen LogP contribution in [0, 0.1) is 5.82 Å². The zero-order chi connectivity index (χ0) is 23.2. The molecule has 1 aromatic carbocycles. The number of aromatic nitrogens is 4. The maximum absolute atomic E-state index is 13.7. The highest BCUT2D eigenvalue weighted by atomic mass is 32.2. The average Bonchev–Trinajstić information content (AvgIpc) is 3.12. The van der Waals surface area contributed by atoms with Crippen LogP contribution in [0.1, 0.15) is 18.7 Å². The Kier molecular flexibility index (Phi) is 5.33. The summed E-state index contributed by atoms with van der Waals surface area (Å²) in [5.41, 5.74) is 9.76. The Morgan fingerprint density at radius 2 is 2.06 bits per heavy atom. The molecule has 0 fully saturated rings. The molecule has 1 amide bonds. The SMILES string of the molecule is Bc1c(C(C)NC(=O)CS(C)(=O)=O)nc2c(-c3cnc4ccc(F)cc4c3)cnn2c1N. The van der Waals surface area contributed by atoms with Crippen LogP contribution in [0.25, 0.3) is 27.7 Å². The summed E-state index contributed by atoms with van der Waals surface area (Å²) in [6.45, 7) is 1.70. The lowest BCUT2D eigenvalue weighted by atomic mass is 9.91. The zero-order valence-corrected chi connectivity index (χ0v) is 18.4. The predicted molar refractivity (Wildman–Crippen MR) is 123 cm³/mol. The molecule has 32 heavy (non-hydrogen) atoms. The van der Waals surface area contributed by atoms with Gasteiger partial charge in [0, 0.05) is 29.0 Å². The fourth-order valence-electron chi connectivity index (χ4n) is 3.58. The molecule has 0 aliphatic heterocycles. The van der Waals surface area contributed by atoms with Crippen molar-refractivity contribution < 1.29 is 17.6 Å². The smallest absolute Gasteiger partial charge is 0.235 e. The first-order valence-corrected chi connectivity index (χ1v) is 11.8. The first-order chi connectivity index (χ1) is 15.0. The number of nitrogen functional groups attached to an aromatic ring is 1. The Labute approximate surface area is 184 Å². The van der Waals surface area contributed by atoms with Gasteiger partial charge in [0.15, 0.2) is 15.5 Å². The number of anilines is 1. The molecular weight excluding hydrogens is 434 g/mol. The molecule has 1 unspecified atom stereocenters. The fraction of sp³-hybridized carbons (Fsp3) is 0.200. The molecule has 4 aromatic rings. The lowest BCUT2D eigenvalue weighted by molar-refractivity contribution is -0.119. The number of halogens is 1. The third-order valence-corrected chi connectivity index (χ3v) is 5.89. The molecule has 0 bridgehead atoms. The van der Waals surface area contributed by atoms with Crippen LogP contribution >= 0.6 is 0 Å². The second-order valence-electron chi connectivity index (χ2n) is 7.72. The lowest BCUT2D eigenvalue weighted by Gasteiger charge is -2.18. The number of hydrogen-bond donors (Lipinski definition) is 2. The zero-order valence-electron chi connectivity index (χ0n) is 17.6. The maximum atomic E-state index is 13.7. The van der Waals surface area contributed by atoms with Crippen LogP contribution in [-0.2, 0) is 14.6 Å². The lowest BCUT2D eigenvalue weighted by Crippen LogP contribution is -2.35. The maximum Gasteiger partial charge on any atom is 0.235 e. The normalized spacial score (nSPS) is 12.8. The highest BCUT2D eigenvalue weighted by Gasteiger charge is 2.21. The van der Waals surface area contributed by atoms with E-state index >= 15 is 0 Å². The van der Waals surface area contributed by atoms with E-state index < -0.39 is 27.5 Å². The number of fused-ring (bicyclic) bond motifs is 2. The summed E-state index contributed by atoms with van der Waals surface area (Å²) >= 11 is 0. The highest BCUT2D eigenvalue weighted by molar-refractivity contribution is 7.91. The van der Waals surface area contributed by atoms with Gasteiger partial charge in [-0.3, -0.25) is 9.78 Å². The van der Waals surface area contributed by atoms with Crippen LogP contribution in [-0.4, -0.2) is 53.8 Å². The number of carbonyl (C=O) groups is 1. The molecule has 0 aliphatic rings. The molecule has 4 rings (SSSR count). The minimum absolute atomic E-state index is 0.334. The fourth-order valence-corrected chi connectivity index (χ4v) is 4.14. The molecule has 0 saturated heterocycles. The van der Waals surface area contributed by atoms with Gasteiger partial charge in [-0.15, -0.1) is 0 Å². The number of pyridine rings is 1. The molecule has 0 spiro atoms. The summed E-state index contributed by atoms with van der Waals surface area (Å²) in [6.07, 6.45) is 4.23. The van der Waals surface area contributed by atoms with E-state index in [0.717, 1.165) is 6.26 Å². The Balaban J connectivity index is 1.78. The number of benzene rings is 1. The van der Waals surface area contributed by atoms with E-state index in [1.807, 2.05) is 0 Å². The van der Waals surface area contributed by atoms with Crippen molar-refractivity contribution in [1.82, 2.24) is 24.9 Å². The number of amides is 1. The van der Waals surface area contributed by atoms with Crippen LogP contribution in [0.3, 0.4) is 0 Å². The first-order valence-electron chi connectivity index (χ1n) is 9.70. The molecule has 0 saturated carbocycles. The summed E-state index contributed by atoms with van der Waals surface area (Å²) in [5, 5.41) is 7.60. The molecule has 0 radical (unpaired) electrons. The van der Waals surface area contributed by atoms with Crippen molar-refractivity contribution in [2.45, 2.75) is 13.0 Å². The first kappa shape index (κ1) is 21.7. The van der Waals surface area contributed by atoms with Gasteiger partial charge in [0.05, 0.1) is 23.4 Å². The summed E-state index contributed by atoms with van der Waals surface area (Å²) in [7, 11) is -1.72. The molecule has 12 heteroatoms. The molecule has 0 aliphatic carbocycles. The Morgan fingerprint density at radius 3 is 2.78 bits per heavy atom. The monoisotopic (exact) mass is 454 g/mol. The third kappa shape index (κ3) is 4.13. The third-order valence-electron chi connectivity index (χ3n) is 5.10. The van der Waals surface area contributed by atoms with Gasteiger partial charge in [-0.05, 0) is 36.7 Å².